The second-order valence-electron chi connectivity index (χ2n) is 10.6. The van der Waals surface area contributed by atoms with Crippen molar-refractivity contribution in [2.24, 2.45) is 0 Å². The van der Waals surface area contributed by atoms with E-state index in [1.54, 1.807) is 49.6 Å². The number of nitrogens with zero attached hydrogens (tertiary/aromatic N) is 9. The van der Waals surface area contributed by atoms with E-state index in [9.17, 15) is 14.4 Å². The highest BCUT2D eigenvalue weighted by atomic mass is 79.9. The fraction of sp³-hybridized carbons (Fsp3) is 0.276. The minimum absolute atomic E-state index is 0.185. The Morgan fingerprint density at radius 1 is 1.14 bits per heavy atom. The summed E-state index contributed by atoms with van der Waals surface area (Å²) in [4.78, 5) is 53.7. The van der Waals surface area contributed by atoms with E-state index in [4.69, 9.17) is 0 Å². The van der Waals surface area contributed by atoms with Crippen molar-refractivity contribution in [3.8, 4) is 11.1 Å². The largest absolute Gasteiger partial charge is 0.326 e. The van der Waals surface area contributed by atoms with Crippen molar-refractivity contribution in [1.82, 2.24) is 44.6 Å². The fourth-order valence-corrected chi connectivity index (χ4v) is 5.69. The molecule has 1 aromatic carbocycles. The number of aromatic nitrogens is 8. The summed E-state index contributed by atoms with van der Waals surface area (Å²) in [6, 6.07) is 9.24. The second-order valence-corrected chi connectivity index (χ2v) is 11.5. The predicted octanol–water partition coefficient (Wildman–Crippen LogP) is 3.40. The summed E-state index contributed by atoms with van der Waals surface area (Å²) >= 11 is 3.27. The molecule has 5 heterocycles. The van der Waals surface area contributed by atoms with Gasteiger partial charge in [-0.1, -0.05) is 17.3 Å². The molecule has 2 amide bonds. The molecule has 2 atom stereocenters. The Morgan fingerprint density at radius 3 is 2.64 bits per heavy atom. The number of fused-ring (bicyclic) bond motifs is 1. The average molecular weight is 661 g/mol. The van der Waals surface area contributed by atoms with Crippen LogP contribution in [-0.2, 0) is 22.7 Å². The second kappa shape index (κ2) is 11.6. The summed E-state index contributed by atoms with van der Waals surface area (Å²) < 4.78 is 19.5. The van der Waals surface area contributed by atoms with E-state index in [1.165, 1.54) is 33.6 Å². The lowest BCUT2D eigenvalue weighted by Gasteiger charge is -2.24. The molecule has 5 aromatic rings. The Kier molecular flexibility index (Phi) is 7.71. The summed E-state index contributed by atoms with van der Waals surface area (Å²) in [5.74, 6) is -0.522. The lowest BCUT2D eigenvalue weighted by Crippen LogP contribution is -2.45. The molecule has 0 saturated carbocycles. The molecule has 4 aromatic heterocycles. The number of hydrogen-bond donors (Lipinski definition) is 1. The number of pyridine rings is 1. The number of nitrogens with one attached hydrogen (secondary N) is 1. The van der Waals surface area contributed by atoms with E-state index in [0.29, 0.717) is 21.3 Å². The number of hydrogen-bond acceptors (Lipinski definition) is 9. The summed E-state index contributed by atoms with van der Waals surface area (Å²) in [5.41, 5.74) is 0.294. The number of aryl methyl sites for hydroxylation is 1. The number of Topliss-reactive ketones (excluding diaryl/α,β-unsaturated/α-hetero) is 1. The fourth-order valence-electron chi connectivity index (χ4n) is 5.34. The molecule has 15 heteroatoms. The zero-order valence-electron chi connectivity index (χ0n) is 23.7. The van der Waals surface area contributed by atoms with Crippen LogP contribution in [-0.4, -0.2) is 80.5 Å². The molecule has 0 spiro atoms. The summed E-state index contributed by atoms with van der Waals surface area (Å²) in [7, 11) is 0. The van der Waals surface area contributed by atoms with Crippen LogP contribution in [0, 0.1) is 6.92 Å². The van der Waals surface area contributed by atoms with Gasteiger partial charge in [-0.05, 0) is 52.7 Å². The Morgan fingerprint density at radius 2 is 1.93 bits per heavy atom. The van der Waals surface area contributed by atoms with Crippen molar-refractivity contribution in [2.45, 2.75) is 45.1 Å². The lowest BCUT2D eigenvalue weighted by atomic mass is 10.0. The predicted molar refractivity (Wildman–Crippen MR) is 160 cm³/mol. The monoisotopic (exact) mass is 660 g/mol. The molecule has 224 valence electrons. The maximum absolute atomic E-state index is 16.3. The number of alkyl halides is 1. The highest BCUT2D eigenvalue weighted by Gasteiger charge is 2.50. The third-order valence-electron chi connectivity index (χ3n) is 7.38. The third-order valence-corrected chi connectivity index (χ3v) is 7.82. The van der Waals surface area contributed by atoms with Gasteiger partial charge in [0.2, 0.25) is 11.8 Å². The molecule has 1 aliphatic heterocycles. The maximum Gasteiger partial charge on any atom is 0.248 e. The highest BCUT2D eigenvalue weighted by molar-refractivity contribution is 9.10. The molecule has 6 rings (SSSR count). The highest BCUT2D eigenvalue weighted by Crippen LogP contribution is 2.34. The van der Waals surface area contributed by atoms with Crippen LogP contribution in [0.4, 0.5) is 10.2 Å². The molecule has 0 aliphatic carbocycles. The number of carbonyl (C=O) groups is 3. The number of anilines is 1. The van der Waals surface area contributed by atoms with E-state index in [-0.39, 0.29) is 43.4 Å². The molecular formula is C29H26BrFN10O3. The van der Waals surface area contributed by atoms with Crippen LogP contribution in [0.5, 0.6) is 0 Å². The Balaban J connectivity index is 1.30. The minimum atomic E-state index is -1.96. The standard InChI is InChI=1S/C29H26BrFN10O3/c1-17(42)27-21-10-19(20-12-32-18(2)33-13-20)6-7-22(21)41(37-27)14-26(43)40-16-29(31,15-39-9-8-34-38-39)11-23(40)28(44)36-25-5-3-4-24(30)35-25/h3-10,12-13,23H,11,14-16H2,1-2H3,(H,35,36,44)/t23-,29+/m0/s1. The van der Waals surface area contributed by atoms with E-state index in [2.05, 4.69) is 51.6 Å². The van der Waals surface area contributed by atoms with Crippen molar-refractivity contribution in [1.29, 1.82) is 0 Å². The van der Waals surface area contributed by atoms with Crippen molar-refractivity contribution in [3.63, 3.8) is 0 Å². The molecule has 1 aliphatic rings. The van der Waals surface area contributed by atoms with Gasteiger partial charge >= 0.3 is 0 Å². The van der Waals surface area contributed by atoms with Crippen LogP contribution < -0.4 is 5.32 Å². The van der Waals surface area contributed by atoms with Crippen LogP contribution in [0.3, 0.4) is 0 Å². The molecule has 13 nitrogen and oxygen atoms in total. The van der Waals surface area contributed by atoms with Crippen molar-refractivity contribution in [3.05, 3.63) is 77.3 Å². The van der Waals surface area contributed by atoms with Gasteiger partial charge in [-0.3, -0.25) is 19.1 Å². The lowest BCUT2D eigenvalue weighted by molar-refractivity contribution is -0.137. The van der Waals surface area contributed by atoms with Gasteiger partial charge in [-0.25, -0.2) is 24.0 Å². The number of amides is 2. The molecular weight excluding hydrogens is 635 g/mol. The first-order valence-electron chi connectivity index (χ1n) is 13.6. The van der Waals surface area contributed by atoms with Gasteiger partial charge in [0, 0.05) is 42.9 Å². The van der Waals surface area contributed by atoms with Crippen molar-refractivity contribution < 1.29 is 18.8 Å². The summed E-state index contributed by atoms with van der Waals surface area (Å²) in [5, 5.41) is 15.3. The molecule has 0 unspecified atom stereocenters. The zero-order chi connectivity index (χ0) is 31.0. The first-order chi connectivity index (χ1) is 21.1. The number of likely N-dealkylation sites (tertiary alicyclic amines) is 1. The number of benzene rings is 1. The van der Waals surface area contributed by atoms with Gasteiger partial charge in [0.25, 0.3) is 0 Å². The maximum atomic E-state index is 16.3. The quantitative estimate of drug-likeness (QED) is 0.195. The SMILES string of the molecule is CC(=O)c1nn(CC(=O)N2C[C@](F)(Cn3ccnn3)C[C@H]2C(=O)Nc2cccc(Br)n2)c2ccc(-c3cnc(C)nc3)cc12. The molecule has 1 fully saturated rings. The number of carbonyl (C=O) groups excluding carboxylic acids is 3. The van der Waals surface area contributed by atoms with E-state index >= 15 is 4.39 Å². The van der Waals surface area contributed by atoms with Crippen LogP contribution in [0.2, 0.25) is 0 Å². The van der Waals surface area contributed by atoms with Crippen molar-refractivity contribution in [2.75, 3.05) is 11.9 Å². The Labute approximate surface area is 258 Å². The van der Waals surface area contributed by atoms with E-state index in [0.717, 1.165) is 11.1 Å². The van der Waals surface area contributed by atoms with Gasteiger partial charge in [0.1, 0.15) is 40.2 Å². The first kappa shape index (κ1) is 29.2. The van der Waals surface area contributed by atoms with Crippen molar-refractivity contribution >= 4 is 50.2 Å². The number of rotatable bonds is 8. The number of ketones is 1. The summed E-state index contributed by atoms with van der Waals surface area (Å²) in [6.07, 6.45) is 6.06. The average Bonchev–Trinajstić information content (AvgIpc) is 3.71. The minimum Gasteiger partial charge on any atom is -0.326 e. The van der Waals surface area contributed by atoms with Gasteiger partial charge in [0.05, 0.1) is 24.8 Å². The van der Waals surface area contributed by atoms with Gasteiger partial charge in [-0.2, -0.15) is 5.10 Å². The molecule has 0 bridgehead atoms. The third kappa shape index (κ3) is 5.95. The van der Waals surface area contributed by atoms with Crippen LogP contribution in [0.15, 0.2) is 65.8 Å². The van der Waals surface area contributed by atoms with Crippen LogP contribution >= 0.6 is 15.9 Å². The van der Waals surface area contributed by atoms with Crippen LogP contribution in [0.25, 0.3) is 22.0 Å². The number of halogens is 2. The van der Waals surface area contributed by atoms with Crippen LogP contribution in [0.1, 0.15) is 29.7 Å². The molecule has 44 heavy (non-hydrogen) atoms. The van der Waals surface area contributed by atoms with Gasteiger partial charge in [0.15, 0.2) is 5.78 Å². The molecule has 1 N–H and O–H groups in total. The van der Waals surface area contributed by atoms with E-state index in [1.807, 2.05) is 6.07 Å². The Bertz CT molecular complexity index is 1880. The van der Waals surface area contributed by atoms with Gasteiger partial charge in [-0.15, -0.1) is 5.10 Å². The van der Waals surface area contributed by atoms with E-state index < -0.39 is 23.5 Å². The smallest absolute Gasteiger partial charge is 0.248 e. The Hall–Kier alpha value is -4.92. The van der Waals surface area contributed by atoms with Gasteiger partial charge < -0.3 is 10.2 Å². The molecule has 0 radical (unpaired) electrons. The first-order valence-corrected chi connectivity index (χ1v) is 14.4. The molecule has 1 saturated heterocycles. The normalized spacial score (nSPS) is 18.1. The topological polar surface area (TPSA) is 154 Å². The zero-order valence-corrected chi connectivity index (χ0v) is 25.3. The summed E-state index contributed by atoms with van der Waals surface area (Å²) in [6.45, 7) is 2.31.